The third-order valence-corrected chi connectivity index (χ3v) is 5.71. The first-order valence-electron chi connectivity index (χ1n) is 7.29. The summed E-state index contributed by atoms with van der Waals surface area (Å²) in [6, 6.07) is 1.75. The molecule has 23 heavy (non-hydrogen) atoms. The standard InChI is InChI=1S/C14H19N5O3S/c1-10-14(9-18(3)17-10)23(20,21)19-6-7-22-13(8-19)12-4-5-15-11(2)16-12/h4-5,9,13H,6-8H2,1-3H3/t13-/m1/s1. The molecule has 3 heterocycles. The van der Waals surface area contributed by atoms with Crippen LogP contribution in [-0.4, -0.2) is 52.2 Å². The van der Waals surface area contributed by atoms with Gasteiger partial charge in [-0.1, -0.05) is 0 Å². The number of sulfonamides is 1. The molecule has 1 atom stereocenters. The Hall–Kier alpha value is -1.84. The van der Waals surface area contributed by atoms with E-state index in [9.17, 15) is 8.42 Å². The highest BCUT2D eigenvalue weighted by Crippen LogP contribution is 2.26. The molecule has 0 radical (unpaired) electrons. The number of aryl methyl sites for hydroxylation is 3. The zero-order chi connectivity index (χ0) is 16.6. The summed E-state index contributed by atoms with van der Waals surface area (Å²) in [5, 5.41) is 4.12. The first-order chi connectivity index (χ1) is 10.9. The molecule has 2 aromatic rings. The molecule has 1 aliphatic heterocycles. The molecule has 0 aliphatic carbocycles. The van der Waals surface area contributed by atoms with E-state index in [-0.39, 0.29) is 11.4 Å². The van der Waals surface area contributed by atoms with Crippen LogP contribution in [0.3, 0.4) is 0 Å². The zero-order valence-electron chi connectivity index (χ0n) is 13.3. The lowest BCUT2D eigenvalue weighted by molar-refractivity contribution is -0.00510. The second kappa shape index (κ2) is 5.99. The Morgan fingerprint density at radius 3 is 2.78 bits per heavy atom. The molecule has 0 aromatic carbocycles. The van der Waals surface area contributed by atoms with Gasteiger partial charge in [-0.05, 0) is 19.9 Å². The van der Waals surface area contributed by atoms with Crippen molar-refractivity contribution in [3.8, 4) is 0 Å². The lowest BCUT2D eigenvalue weighted by atomic mass is 10.2. The fraction of sp³-hybridized carbons (Fsp3) is 0.500. The van der Waals surface area contributed by atoms with Crippen LogP contribution in [0, 0.1) is 13.8 Å². The van der Waals surface area contributed by atoms with Gasteiger partial charge in [-0.15, -0.1) is 0 Å². The summed E-state index contributed by atoms with van der Waals surface area (Å²) >= 11 is 0. The first kappa shape index (κ1) is 16.0. The maximum absolute atomic E-state index is 12.8. The molecule has 0 N–H and O–H groups in total. The van der Waals surface area contributed by atoms with Gasteiger partial charge in [0.25, 0.3) is 0 Å². The number of hydrogen-bond donors (Lipinski definition) is 0. The Balaban J connectivity index is 1.87. The Labute approximate surface area is 135 Å². The van der Waals surface area contributed by atoms with Crippen LogP contribution in [0.1, 0.15) is 23.3 Å². The Bertz CT molecular complexity index is 818. The summed E-state index contributed by atoms with van der Waals surface area (Å²) in [5.74, 6) is 0.634. The number of hydrogen-bond acceptors (Lipinski definition) is 6. The van der Waals surface area contributed by atoms with Crippen molar-refractivity contribution in [1.82, 2.24) is 24.1 Å². The van der Waals surface area contributed by atoms with Crippen molar-refractivity contribution in [2.75, 3.05) is 19.7 Å². The molecule has 0 bridgehead atoms. The molecule has 124 valence electrons. The van der Waals surface area contributed by atoms with Crippen LogP contribution >= 0.6 is 0 Å². The van der Waals surface area contributed by atoms with Crippen molar-refractivity contribution in [2.24, 2.45) is 7.05 Å². The van der Waals surface area contributed by atoms with Gasteiger partial charge in [-0.3, -0.25) is 4.68 Å². The molecule has 1 saturated heterocycles. The maximum Gasteiger partial charge on any atom is 0.246 e. The highest BCUT2D eigenvalue weighted by molar-refractivity contribution is 7.89. The second-order valence-corrected chi connectivity index (χ2v) is 7.41. The van der Waals surface area contributed by atoms with Crippen molar-refractivity contribution < 1.29 is 13.2 Å². The lowest BCUT2D eigenvalue weighted by Gasteiger charge is -2.31. The molecule has 9 heteroatoms. The van der Waals surface area contributed by atoms with Crippen LogP contribution in [-0.2, 0) is 21.8 Å². The van der Waals surface area contributed by atoms with E-state index >= 15 is 0 Å². The van der Waals surface area contributed by atoms with Crippen LogP contribution in [0.5, 0.6) is 0 Å². The zero-order valence-corrected chi connectivity index (χ0v) is 14.1. The monoisotopic (exact) mass is 337 g/mol. The topological polar surface area (TPSA) is 90.2 Å². The van der Waals surface area contributed by atoms with Crippen molar-refractivity contribution in [3.05, 3.63) is 35.7 Å². The Morgan fingerprint density at radius 1 is 1.35 bits per heavy atom. The average Bonchev–Trinajstić information content (AvgIpc) is 2.87. The van der Waals surface area contributed by atoms with Gasteiger partial charge < -0.3 is 4.74 Å². The van der Waals surface area contributed by atoms with E-state index < -0.39 is 16.1 Å². The van der Waals surface area contributed by atoms with E-state index in [1.54, 1.807) is 33.2 Å². The minimum atomic E-state index is -3.60. The number of ether oxygens (including phenoxy) is 1. The number of nitrogens with zero attached hydrogens (tertiary/aromatic N) is 5. The summed E-state index contributed by atoms with van der Waals surface area (Å²) in [5.41, 5.74) is 1.19. The van der Waals surface area contributed by atoms with Gasteiger partial charge in [-0.2, -0.15) is 9.40 Å². The van der Waals surface area contributed by atoms with Gasteiger partial charge in [0.05, 0.1) is 18.0 Å². The largest absolute Gasteiger partial charge is 0.369 e. The fourth-order valence-corrected chi connectivity index (χ4v) is 4.27. The van der Waals surface area contributed by atoms with Crippen LogP contribution in [0.4, 0.5) is 0 Å². The predicted octanol–water partition coefficient (Wildman–Crippen LogP) is 0.589. The van der Waals surface area contributed by atoms with Crippen molar-refractivity contribution in [3.63, 3.8) is 0 Å². The quantitative estimate of drug-likeness (QED) is 0.814. The van der Waals surface area contributed by atoms with Crippen LogP contribution in [0.25, 0.3) is 0 Å². The SMILES string of the molecule is Cc1nccc([C@H]2CN(S(=O)(=O)c3cn(C)nc3C)CCO2)n1. The van der Waals surface area contributed by atoms with Gasteiger partial charge in [0.2, 0.25) is 10.0 Å². The van der Waals surface area contributed by atoms with Crippen LogP contribution < -0.4 is 0 Å². The first-order valence-corrected chi connectivity index (χ1v) is 8.73. The van der Waals surface area contributed by atoms with Crippen molar-refractivity contribution in [2.45, 2.75) is 24.8 Å². The summed E-state index contributed by atoms with van der Waals surface area (Å²) in [7, 11) is -1.89. The normalized spacial score (nSPS) is 19.9. The molecule has 1 fully saturated rings. The van der Waals surface area contributed by atoms with E-state index in [0.717, 1.165) is 0 Å². The molecular weight excluding hydrogens is 318 g/mol. The highest BCUT2D eigenvalue weighted by atomic mass is 32.2. The Morgan fingerprint density at radius 2 is 2.13 bits per heavy atom. The average molecular weight is 337 g/mol. The van der Waals surface area contributed by atoms with Crippen molar-refractivity contribution in [1.29, 1.82) is 0 Å². The summed E-state index contributed by atoms with van der Waals surface area (Å²) < 4.78 is 34.3. The number of morpholine rings is 1. The number of rotatable bonds is 3. The third kappa shape index (κ3) is 3.12. The second-order valence-electron chi connectivity index (χ2n) is 5.50. The van der Waals surface area contributed by atoms with E-state index in [2.05, 4.69) is 15.1 Å². The minimum absolute atomic E-state index is 0.229. The highest BCUT2D eigenvalue weighted by Gasteiger charge is 2.34. The third-order valence-electron chi connectivity index (χ3n) is 3.74. The number of aromatic nitrogens is 4. The van der Waals surface area contributed by atoms with E-state index in [4.69, 9.17) is 4.74 Å². The van der Waals surface area contributed by atoms with Crippen molar-refractivity contribution >= 4 is 10.0 Å². The van der Waals surface area contributed by atoms with E-state index in [1.165, 1.54) is 15.2 Å². The van der Waals surface area contributed by atoms with E-state index in [0.29, 0.717) is 30.4 Å². The molecule has 8 nitrogen and oxygen atoms in total. The molecule has 1 aliphatic rings. The summed E-state index contributed by atoms with van der Waals surface area (Å²) in [6.07, 6.45) is 2.79. The van der Waals surface area contributed by atoms with Crippen LogP contribution in [0.15, 0.2) is 23.4 Å². The lowest BCUT2D eigenvalue weighted by Crippen LogP contribution is -2.42. The Kier molecular flexibility index (Phi) is 4.17. The summed E-state index contributed by atoms with van der Waals surface area (Å²) in [4.78, 5) is 8.62. The molecule has 0 spiro atoms. The van der Waals surface area contributed by atoms with Gasteiger partial charge in [-0.25, -0.2) is 18.4 Å². The fourth-order valence-electron chi connectivity index (χ4n) is 2.65. The molecular formula is C14H19N5O3S. The molecule has 0 unspecified atom stereocenters. The van der Waals surface area contributed by atoms with Crippen LogP contribution in [0.2, 0.25) is 0 Å². The summed E-state index contributed by atoms with van der Waals surface area (Å²) in [6.45, 7) is 4.36. The van der Waals surface area contributed by atoms with Gasteiger partial charge in [0.1, 0.15) is 16.8 Å². The van der Waals surface area contributed by atoms with Gasteiger partial charge in [0, 0.05) is 32.5 Å². The predicted molar refractivity (Wildman–Crippen MR) is 82.2 cm³/mol. The molecule has 0 amide bonds. The van der Waals surface area contributed by atoms with E-state index in [1.807, 2.05) is 0 Å². The maximum atomic E-state index is 12.8. The molecule has 2 aromatic heterocycles. The van der Waals surface area contributed by atoms with Gasteiger partial charge in [0.15, 0.2) is 0 Å². The molecule has 0 saturated carbocycles. The molecule has 3 rings (SSSR count). The smallest absolute Gasteiger partial charge is 0.246 e. The minimum Gasteiger partial charge on any atom is -0.369 e. The van der Waals surface area contributed by atoms with Gasteiger partial charge >= 0.3 is 0 Å².